The number of hydrogen-bond acceptors (Lipinski definition) is 2. The van der Waals surface area contributed by atoms with Crippen LogP contribution in [-0.4, -0.2) is 28.9 Å². The molecule has 0 saturated carbocycles. The molecule has 1 atom stereocenters. The summed E-state index contributed by atoms with van der Waals surface area (Å²) in [5, 5.41) is 0.406. The van der Waals surface area contributed by atoms with Crippen molar-refractivity contribution < 1.29 is 4.79 Å². The number of aromatic nitrogens is 1. The molecule has 1 aromatic heterocycles. The Hall–Kier alpha value is -1.09. The van der Waals surface area contributed by atoms with Crippen molar-refractivity contribution in [1.29, 1.82) is 0 Å². The summed E-state index contributed by atoms with van der Waals surface area (Å²) < 4.78 is 0. The summed E-state index contributed by atoms with van der Waals surface area (Å²) in [6, 6.07) is 1.88. The van der Waals surface area contributed by atoms with Gasteiger partial charge in [-0.3, -0.25) is 9.78 Å². The topological polar surface area (TPSA) is 33.2 Å². The minimum atomic E-state index is -0.0478. The van der Waals surface area contributed by atoms with Gasteiger partial charge < -0.3 is 4.90 Å². The average molecular weight is 241 g/mol. The van der Waals surface area contributed by atoms with Gasteiger partial charge in [-0.2, -0.15) is 0 Å². The van der Waals surface area contributed by atoms with E-state index >= 15 is 0 Å². The molecule has 1 aromatic rings. The third-order valence-corrected chi connectivity index (χ3v) is 2.99. The SMILES string of the molecule is CCCC(C)N(C)C(=O)c1ccncc1Cl. The molecule has 88 valence electrons. The van der Waals surface area contributed by atoms with Crippen LogP contribution in [0.1, 0.15) is 37.0 Å². The Morgan fingerprint density at radius 1 is 1.62 bits per heavy atom. The molecule has 1 unspecified atom stereocenters. The second-order valence-corrected chi connectivity index (χ2v) is 4.32. The van der Waals surface area contributed by atoms with Crippen molar-refractivity contribution in [3.05, 3.63) is 29.0 Å². The molecule has 0 aliphatic heterocycles. The number of rotatable bonds is 4. The van der Waals surface area contributed by atoms with E-state index in [1.165, 1.54) is 6.20 Å². The molecular weight excluding hydrogens is 224 g/mol. The highest BCUT2D eigenvalue weighted by atomic mass is 35.5. The van der Waals surface area contributed by atoms with E-state index in [0.717, 1.165) is 12.8 Å². The Balaban J connectivity index is 2.82. The smallest absolute Gasteiger partial charge is 0.255 e. The average Bonchev–Trinajstić information content (AvgIpc) is 2.28. The zero-order valence-corrected chi connectivity index (χ0v) is 10.7. The van der Waals surface area contributed by atoms with E-state index < -0.39 is 0 Å². The van der Waals surface area contributed by atoms with Crippen molar-refractivity contribution in [2.75, 3.05) is 7.05 Å². The molecule has 1 amide bonds. The third kappa shape index (κ3) is 2.95. The molecule has 4 heteroatoms. The van der Waals surface area contributed by atoms with E-state index in [-0.39, 0.29) is 11.9 Å². The number of amides is 1. The zero-order chi connectivity index (χ0) is 12.1. The lowest BCUT2D eigenvalue weighted by molar-refractivity contribution is 0.0737. The highest BCUT2D eigenvalue weighted by Gasteiger charge is 2.18. The van der Waals surface area contributed by atoms with Gasteiger partial charge in [0, 0.05) is 25.5 Å². The Labute approximate surface area is 101 Å². The van der Waals surface area contributed by atoms with Gasteiger partial charge in [-0.1, -0.05) is 24.9 Å². The minimum absolute atomic E-state index is 0.0478. The number of carbonyl (C=O) groups is 1. The molecule has 0 radical (unpaired) electrons. The highest BCUT2D eigenvalue weighted by molar-refractivity contribution is 6.33. The molecule has 3 nitrogen and oxygen atoms in total. The normalized spacial score (nSPS) is 12.2. The molecule has 0 saturated heterocycles. The van der Waals surface area contributed by atoms with Crippen LogP contribution in [0, 0.1) is 0 Å². The van der Waals surface area contributed by atoms with Gasteiger partial charge in [-0.05, 0) is 19.4 Å². The van der Waals surface area contributed by atoms with Crippen molar-refractivity contribution in [3.63, 3.8) is 0 Å². The second kappa shape index (κ2) is 5.85. The van der Waals surface area contributed by atoms with Gasteiger partial charge in [0.15, 0.2) is 0 Å². The summed E-state index contributed by atoms with van der Waals surface area (Å²) in [5.74, 6) is -0.0478. The number of halogens is 1. The van der Waals surface area contributed by atoms with Crippen LogP contribution in [0.5, 0.6) is 0 Å². The molecule has 0 N–H and O–H groups in total. The molecule has 1 rings (SSSR count). The maximum absolute atomic E-state index is 12.1. The molecule has 0 fully saturated rings. The van der Waals surface area contributed by atoms with E-state index in [1.807, 2.05) is 6.92 Å². The summed E-state index contributed by atoms with van der Waals surface area (Å²) in [6.45, 7) is 4.14. The fourth-order valence-electron chi connectivity index (χ4n) is 1.55. The van der Waals surface area contributed by atoms with E-state index in [1.54, 1.807) is 24.2 Å². The first-order valence-electron chi connectivity index (χ1n) is 5.44. The minimum Gasteiger partial charge on any atom is -0.339 e. The number of hydrogen-bond donors (Lipinski definition) is 0. The third-order valence-electron chi connectivity index (χ3n) is 2.69. The van der Waals surface area contributed by atoms with E-state index in [4.69, 9.17) is 11.6 Å². The first-order valence-corrected chi connectivity index (χ1v) is 5.82. The summed E-state index contributed by atoms with van der Waals surface area (Å²) in [6.07, 6.45) is 5.12. The van der Waals surface area contributed by atoms with E-state index in [2.05, 4.69) is 11.9 Å². The highest BCUT2D eigenvalue weighted by Crippen LogP contribution is 2.17. The lowest BCUT2D eigenvalue weighted by atomic mass is 10.1. The monoisotopic (exact) mass is 240 g/mol. The Morgan fingerprint density at radius 3 is 2.88 bits per heavy atom. The van der Waals surface area contributed by atoms with E-state index in [0.29, 0.717) is 10.6 Å². The van der Waals surface area contributed by atoms with Crippen molar-refractivity contribution in [3.8, 4) is 0 Å². The summed E-state index contributed by atoms with van der Waals surface area (Å²) in [5.41, 5.74) is 0.516. The largest absolute Gasteiger partial charge is 0.339 e. The first-order chi connectivity index (χ1) is 7.57. The van der Waals surface area contributed by atoms with Gasteiger partial charge >= 0.3 is 0 Å². The Morgan fingerprint density at radius 2 is 2.31 bits per heavy atom. The van der Waals surface area contributed by atoms with Crippen molar-refractivity contribution >= 4 is 17.5 Å². The van der Waals surface area contributed by atoms with Crippen LogP contribution in [0.25, 0.3) is 0 Å². The molecular formula is C12H17ClN2O. The standard InChI is InChI=1S/C12H17ClN2O/c1-4-5-9(2)15(3)12(16)10-6-7-14-8-11(10)13/h6-9H,4-5H2,1-3H3. The van der Waals surface area contributed by atoms with Crippen LogP contribution in [0.3, 0.4) is 0 Å². The van der Waals surface area contributed by atoms with Crippen LogP contribution >= 0.6 is 11.6 Å². The number of carbonyl (C=O) groups excluding carboxylic acids is 1. The molecule has 0 bridgehead atoms. The van der Waals surface area contributed by atoms with Crippen molar-refractivity contribution in [1.82, 2.24) is 9.88 Å². The quantitative estimate of drug-likeness (QED) is 0.811. The summed E-state index contributed by atoms with van der Waals surface area (Å²) in [4.78, 5) is 17.7. The fraction of sp³-hybridized carbons (Fsp3) is 0.500. The van der Waals surface area contributed by atoms with Crippen LogP contribution < -0.4 is 0 Å². The van der Waals surface area contributed by atoms with Gasteiger partial charge in [-0.15, -0.1) is 0 Å². The van der Waals surface area contributed by atoms with Gasteiger partial charge in [-0.25, -0.2) is 0 Å². The van der Waals surface area contributed by atoms with Crippen molar-refractivity contribution in [2.45, 2.75) is 32.7 Å². The maximum atomic E-state index is 12.1. The molecule has 0 aromatic carbocycles. The molecule has 1 heterocycles. The predicted molar refractivity (Wildman–Crippen MR) is 65.7 cm³/mol. The number of pyridine rings is 1. The van der Waals surface area contributed by atoms with Crippen molar-refractivity contribution in [2.24, 2.45) is 0 Å². The summed E-state index contributed by atoms with van der Waals surface area (Å²) in [7, 11) is 1.80. The Bertz CT molecular complexity index is 368. The predicted octanol–water partition coefficient (Wildman–Crippen LogP) is 3.00. The molecule has 0 spiro atoms. The van der Waals surface area contributed by atoms with Gasteiger partial charge in [0.25, 0.3) is 5.91 Å². The molecule has 0 aliphatic rings. The van der Waals surface area contributed by atoms with Crippen LogP contribution in [0.4, 0.5) is 0 Å². The Kier molecular flexibility index (Phi) is 4.74. The lowest BCUT2D eigenvalue weighted by Crippen LogP contribution is -2.35. The van der Waals surface area contributed by atoms with E-state index in [9.17, 15) is 4.79 Å². The molecule has 16 heavy (non-hydrogen) atoms. The van der Waals surface area contributed by atoms with Gasteiger partial charge in [0.05, 0.1) is 10.6 Å². The fourth-order valence-corrected chi connectivity index (χ4v) is 1.75. The zero-order valence-electron chi connectivity index (χ0n) is 9.90. The summed E-state index contributed by atoms with van der Waals surface area (Å²) >= 11 is 5.93. The van der Waals surface area contributed by atoms with Gasteiger partial charge in [0.2, 0.25) is 0 Å². The molecule has 0 aliphatic carbocycles. The van der Waals surface area contributed by atoms with Crippen LogP contribution in [-0.2, 0) is 0 Å². The number of nitrogens with zero attached hydrogens (tertiary/aromatic N) is 2. The maximum Gasteiger partial charge on any atom is 0.255 e. The second-order valence-electron chi connectivity index (χ2n) is 3.91. The first kappa shape index (κ1) is 13.0. The van der Waals surface area contributed by atoms with Gasteiger partial charge in [0.1, 0.15) is 0 Å². The van der Waals surface area contributed by atoms with Crippen LogP contribution in [0.15, 0.2) is 18.5 Å². The van der Waals surface area contributed by atoms with Crippen LogP contribution in [0.2, 0.25) is 5.02 Å². The lowest BCUT2D eigenvalue weighted by Gasteiger charge is -2.24.